The number of hydrogen-bond acceptors (Lipinski definition) is 4. The Morgan fingerprint density at radius 1 is 1.50 bits per heavy atom. The van der Waals surface area contributed by atoms with Gasteiger partial charge in [-0.25, -0.2) is 4.79 Å². The molecule has 0 unspecified atom stereocenters. The molecule has 0 atom stereocenters. The predicted octanol–water partition coefficient (Wildman–Crippen LogP) is 0.832. The second-order valence-corrected chi connectivity index (χ2v) is 4.34. The van der Waals surface area contributed by atoms with Crippen molar-refractivity contribution in [1.29, 1.82) is 0 Å². The first kappa shape index (κ1) is 14.2. The maximum Gasteiger partial charge on any atom is 0.341 e. The van der Waals surface area contributed by atoms with Crippen LogP contribution in [0.4, 0.5) is 0 Å². The van der Waals surface area contributed by atoms with Crippen LogP contribution in [0.5, 0.6) is 0 Å². The number of rotatable bonds is 6. The van der Waals surface area contributed by atoms with E-state index in [4.69, 9.17) is 4.74 Å². The minimum absolute atomic E-state index is 0.103. The first-order chi connectivity index (χ1) is 8.52. The van der Waals surface area contributed by atoms with Gasteiger partial charge in [0.1, 0.15) is 6.54 Å². The molecule has 1 amide bonds. The summed E-state index contributed by atoms with van der Waals surface area (Å²) in [6.07, 6.45) is 2.90. The van der Waals surface area contributed by atoms with Crippen molar-refractivity contribution in [3.8, 4) is 0 Å². The highest BCUT2D eigenvalue weighted by Gasteiger charge is 2.11. The van der Waals surface area contributed by atoms with Crippen molar-refractivity contribution < 1.29 is 14.3 Å². The van der Waals surface area contributed by atoms with Crippen LogP contribution in [0.15, 0.2) is 12.4 Å². The normalized spacial score (nSPS) is 10.4. The van der Waals surface area contributed by atoms with Crippen molar-refractivity contribution in [2.75, 3.05) is 13.2 Å². The number of hydrogen-bond donors (Lipinski definition) is 1. The third kappa shape index (κ3) is 4.57. The highest BCUT2D eigenvalue weighted by atomic mass is 16.5. The number of amides is 1. The van der Waals surface area contributed by atoms with Gasteiger partial charge in [0, 0.05) is 12.7 Å². The molecule has 1 heterocycles. The third-order valence-corrected chi connectivity index (χ3v) is 2.16. The number of aromatic nitrogens is 2. The zero-order valence-corrected chi connectivity index (χ0v) is 11.0. The van der Waals surface area contributed by atoms with Crippen LogP contribution in [-0.2, 0) is 16.1 Å². The van der Waals surface area contributed by atoms with E-state index in [2.05, 4.69) is 10.4 Å². The van der Waals surface area contributed by atoms with Gasteiger partial charge < -0.3 is 10.1 Å². The summed E-state index contributed by atoms with van der Waals surface area (Å²) in [5.74, 6) is -0.143. The van der Waals surface area contributed by atoms with Gasteiger partial charge in [-0.1, -0.05) is 13.8 Å². The maximum atomic E-state index is 11.5. The van der Waals surface area contributed by atoms with Crippen molar-refractivity contribution in [3.63, 3.8) is 0 Å². The molecule has 6 heteroatoms. The average molecular weight is 253 g/mol. The minimum atomic E-state index is -0.425. The molecule has 0 aliphatic heterocycles. The van der Waals surface area contributed by atoms with Crippen LogP contribution < -0.4 is 5.32 Å². The van der Waals surface area contributed by atoms with E-state index >= 15 is 0 Å². The summed E-state index contributed by atoms with van der Waals surface area (Å²) in [7, 11) is 0. The first-order valence-electron chi connectivity index (χ1n) is 5.99. The Morgan fingerprint density at radius 3 is 2.83 bits per heavy atom. The van der Waals surface area contributed by atoms with Gasteiger partial charge in [0.15, 0.2) is 0 Å². The summed E-state index contributed by atoms with van der Waals surface area (Å²) in [6, 6.07) is 0. The lowest BCUT2D eigenvalue weighted by Gasteiger charge is -2.07. The predicted molar refractivity (Wildman–Crippen MR) is 66.0 cm³/mol. The van der Waals surface area contributed by atoms with Crippen molar-refractivity contribution >= 4 is 11.9 Å². The molecule has 0 fully saturated rings. The fourth-order valence-electron chi connectivity index (χ4n) is 1.29. The SMILES string of the molecule is CCOC(=O)c1cnn(CC(=O)NCC(C)C)c1. The Hall–Kier alpha value is -1.85. The number of nitrogens with one attached hydrogen (secondary N) is 1. The monoisotopic (exact) mass is 253 g/mol. The molecular formula is C12H19N3O3. The zero-order chi connectivity index (χ0) is 13.5. The summed E-state index contributed by atoms with van der Waals surface area (Å²) >= 11 is 0. The van der Waals surface area contributed by atoms with E-state index in [-0.39, 0.29) is 12.5 Å². The average Bonchev–Trinajstić information content (AvgIpc) is 2.75. The molecule has 0 spiro atoms. The summed E-state index contributed by atoms with van der Waals surface area (Å²) < 4.78 is 6.25. The molecule has 6 nitrogen and oxygen atoms in total. The lowest BCUT2D eigenvalue weighted by molar-refractivity contribution is -0.122. The highest BCUT2D eigenvalue weighted by molar-refractivity contribution is 5.88. The van der Waals surface area contributed by atoms with Crippen LogP contribution in [0.3, 0.4) is 0 Å². The van der Waals surface area contributed by atoms with E-state index in [0.717, 1.165) is 0 Å². The Kier molecular flexibility index (Phi) is 5.35. The van der Waals surface area contributed by atoms with E-state index < -0.39 is 5.97 Å². The summed E-state index contributed by atoms with van der Waals surface area (Å²) in [4.78, 5) is 22.9. The summed E-state index contributed by atoms with van der Waals surface area (Å²) in [6.45, 7) is 6.83. The van der Waals surface area contributed by atoms with Crippen molar-refractivity contribution in [2.45, 2.75) is 27.3 Å². The van der Waals surface area contributed by atoms with Gasteiger partial charge in [-0.05, 0) is 12.8 Å². The Bertz CT molecular complexity index is 412. The number of esters is 1. The molecule has 1 aromatic heterocycles. The molecule has 1 aromatic rings. The Balaban J connectivity index is 2.48. The van der Waals surface area contributed by atoms with Crippen molar-refractivity contribution in [2.24, 2.45) is 5.92 Å². The summed E-state index contributed by atoms with van der Waals surface area (Å²) in [5.41, 5.74) is 0.355. The second-order valence-electron chi connectivity index (χ2n) is 4.34. The number of nitrogens with zero attached hydrogens (tertiary/aromatic N) is 2. The smallest absolute Gasteiger partial charge is 0.341 e. The van der Waals surface area contributed by atoms with E-state index in [1.54, 1.807) is 6.92 Å². The number of ether oxygens (including phenoxy) is 1. The zero-order valence-electron chi connectivity index (χ0n) is 11.0. The van der Waals surface area contributed by atoms with Gasteiger partial charge in [-0.15, -0.1) is 0 Å². The van der Waals surface area contributed by atoms with Crippen molar-refractivity contribution in [3.05, 3.63) is 18.0 Å². The van der Waals surface area contributed by atoms with Crippen LogP contribution in [0.2, 0.25) is 0 Å². The fourth-order valence-corrected chi connectivity index (χ4v) is 1.29. The molecule has 1 rings (SSSR count). The van der Waals surface area contributed by atoms with E-state index in [1.807, 2.05) is 13.8 Å². The third-order valence-electron chi connectivity index (χ3n) is 2.16. The molecule has 0 saturated heterocycles. The first-order valence-corrected chi connectivity index (χ1v) is 5.99. The molecule has 0 aliphatic carbocycles. The summed E-state index contributed by atoms with van der Waals surface area (Å²) in [5, 5.41) is 6.72. The van der Waals surface area contributed by atoms with Crippen LogP contribution in [0.1, 0.15) is 31.1 Å². The maximum absolute atomic E-state index is 11.5. The molecule has 1 N–H and O–H groups in total. The molecular weight excluding hydrogens is 234 g/mol. The van der Waals surface area contributed by atoms with Crippen LogP contribution in [0.25, 0.3) is 0 Å². The molecule has 100 valence electrons. The van der Waals surface area contributed by atoms with Crippen LogP contribution in [0, 0.1) is 5.92 Å². The van der Waals surface area contributed by atoms with E-state index in [0.29, 0.717) is 24.6 Å². The van der Waals surface area contributed by atoms with Crippen molar-refractivity contribution in [1.82, 2.24) is 15.1 Å². The molecule has 0 aromatic carbocycles. The molecule has 0 bridgehead atoms. The standard InChI is InChI=1S/C12H19N3O3/c1-4-18-12(17)10-6-14-15(7-10)8-11(16)13-5-9(2)3/h6-7,9H,4-5,8H2,1-3H3,(H,13,16). The van der Waals surface area contributed by atoms with E-state index in [9.17, 15) is 9.59 Å². The molecule has 18 heavy (non-hydrogen) atoms. The lowest BCUT2D eigenvalue weighted by atomic mass is 10.2. The van der Waals surface area contributed by atoms with Gasteiger partial charge in [0.05, 0.1) is 18.4 Å². The molecule has 0 aliphatic rings. The molecule has 0 saturated carbocycles. The minimum Gasteiger partial charge on any atom is -0.462 e. The van der Waals surface area contributed by atoms with Gasteiger partial charge >= 0.3 is 5.97 Å². The van der Waals surface area contributed by atoms with Gasteiger partial charge in [-0.3, -0.25) is 9.48 Å². The van der Waals surface area contributed by atoms with Gasteiger partial charge in [0.25, 0.3) is 0 Å². The van der Waals surface area contributed by atoms with Gasteiger partial charge in [-0.2, -0.15) is 5.10 Å². The molecule has 0 radical (unpaired) electrons. The number of carbonyl (C=O) groups excluding carboxylic acids is 2. The number of carbonyl (C=O) groups is 2. The van der Waals surface area contributed by atoms with Crippen LogP contribution in [-0.4, -0.2) is 34.8 Å². The Morgan fingerprint density at radius 2 is 2.22 bits per heavy atom. The van der Waals surface area contributed by atoms with E-state index in [1.165, 1.54) is 17.1 Å². The van der Waals surface area contributed by atoms with Crippen LogP contribution >= 0.6 is 0 Å². The fraction of sp³-hybridized carbons (Fsp3) is 0.583. The quantitative estimate of drug-likeness (QED) is 0.762. The second kappa shape index (κ2) is 6.78. The lowest BCUT2D eigenvalue weighted by Crippen LogP contribution is -2.30. The topological polar surface area (TPSA) is 73.2 Å². The van der Waals surface area contributed by atoms with Gasteiger partial charge in [0.2, 0.25) is 5.91 Å². The largest absolute Gasteiger partial charge is 0.462 e. The Labute approximate surface area is 106 Å². The highest BCUT2D eigenvalue weighted by Crippen LogP contribution is 2.00.